The van der Waals surface area contributed by atoms with Gasteiger partial charge in [0.2, 0.25) is 0 Å². The molecule has 2 nitrogen and oxygen atoms in total. The van der Waals surface area contributed by atoms with E-state index in [1.165, 1.54) is 24.0 Å². The zero-order valence-electron chi connectivity index (χ0n) is 11.4. The van der Waals surface area contributed by atoms with E-state index in [1.54, 1.807) is 0 Å². The van der Waals surface area contributed by atoms with Crippen LogP contribution < -0.4 is 10.6 Å². The van der Waals surface area contributed by atoms with E-state index in [4.69, 9.17) is 0 Å². The molecule has 0 aliphatic rings. The molecule has 0 bridgehead atoms. The molecular weight excluding hydrogens is 208 g/mol. The van der Waals surface area contributed by atoms with Crippen molar-refractivity contribution in [3.8, 4) is 0 Å². The summed E-state index contributed by atoms with van der Waals surface area (Å²) in [7, 11) is 0. The quantitative estimate of drug-likeness (QED) is 0.675. The molecule has 0 saturated carbocycles. The van der Waals surface area contributed by atoms with E-state index < -0.39 is 0 Å². The van der Waals surface area contributed by atoms with Crippen molar-refractivity contribution in [2.75, 3.05) is 19.6 Å². The number of benzene rings is 1. The third-order valence-electron chi connectivity index (χ3n) is 2.96. The van der Waals surface area contributed by atoms with E-state index in [-0.39, 0.29) is 0 Å². The van der Waals surface area contributed by atoms with Crippen LogP contribution in [0, 0.1) is 6.92 Å². The van der Waals surface area contributed by atoms with E-state index in [0.29, 0.717) is 6.04 Å². The first-order chi connectivity index (χ1) is 8.22. The maximum atomic E-state index is 3.54. The highest BCUT2D eigenvalue weighted by molar-refractivity contribution is 5.21. The number of aryl methyl sites for hydroxylation is 2. The fraction of sp³-hybridized carbons (Fsp3) is 0.600. The van der Waals surface area contributed by atoms with Gasteiger partial charge in [-0.3, -0.25) is 0 Å². The monoisotopic (exact) mass is 234 g/mol. The smallest absolute Gasteiger partial charge is 0.0164 e. The summed E-state index contributed by atoms with van der Waals surface area (Å²) in [6.45, 7) is 9.71. The second kappa shape index (κ2) is 8.26. The van der Waals surface area contributed by atoms with Crippen LogP contribution >= 0.6 is 0 Å². The van der Waals surface area contributed by atoms with Gasteiger partial charge in [0, 0.05) is 12.6 Å². The van der Waals surface area contributed by atoms with Gasteiger partial charge in [0.25, 0.3) is 0 Å². The lowest BCUT2D eigenvalue weighted by Crippen LogP contribution is -2.36. The Bertz CT molecular complexity index is 292. The number of hydrogen-bond acceptors (Lipinski definition) is 2. The van der Waals surface area contributed by atoms with Gasteiger partial charge >= 0.3 is 0 Å². The molecule has 0 aliphatic heterocycles. The molecule has 2 heteroatoms. The standard InChI is InChI=1S/C15H26N2/c1-4-16-12-14(3)17-11-5-6-15-9-7-13(2)8-10-15/h7-10,14,16-17H,4-6,11-12H2,1-3H3. The normalized spacial score (nSPS) is 12.6. The molecule has 96 valence electrons. The molecule has 0 spiro atoms. The Hall–Kier alpha value is -0.860. The molecule has 0 amide bonds. The molecule has 1 aromatic rings. The van der Waals surface area contributed by atoms with Gasteiger partial charge in [-0.1, -0.05) is 36.8 Å². The number of nitrogens with one attached hydrogen (secondary N) is 2. The fourth-order valence-electron chi connectivity index (χ4n) is 1.83. The Morgan fingerprint density at radius 1 is 1.18 bits per heavy atom. The molecule has 1 aromatic carbocycles. The lowest BCUT2D eigenvalue weighted by molar-refractivity contribution is 0.502. The van der Waals surface area contributed by atoms with Gasteiger partial charge in [-0.05, 0) is 45.3 Å². The van der Waals surface area contributed by atoms with Gasteiger partial charge in [-0.2, -0.15) is 0 Å². The lowest BCUT2D eigenvalue weighted by Gasteiger charge is -2.13. The fourth-order valence-corrected chi connectivity index (χ4v) is 1.83. The number of hydrogen-bond donors (Lipinski definition) is 2. The molecule has 0 heterocycles. The molecule has 0 fully saturated rings. The molecule has 17 heavy (non-hydrogen) atoms. The summed E-state index contributed by atoms with van der Waals surface area (Å²) >= 11 is 0. The predicted octanol–water partition coefficient (Wildman–Crippen LogP) is 2.52. The van der Waals surface area contributed by atoms with Crippen LogP contribution in [0.25, 0.3) is 0 Å². The molecule has 0 aliphatic carbocycles. The summed E-state index contributed by atoms with van der Waals surface area (Å²) < 4.78 is 0. The van der Waals surface area contributed by atoms with Crippen molar-refractivity contribution in [2.24, 2.45) is 0 Å². The van der Waals surface area contributed by atoms with Crippen molar-refractivity contribution in [2.45, 2.75) is 39.7 Å². The van der Waals surface area contributed by atoms with Gasteiger partial charge in [0.1, 0.15) is 0 Å². The van der Waals surface area contributed by atoms with Crippen LogP contribution in [0.1, 0.15) is 31.4 Å². The largest absolute Gasteiger partial charge is 0.315 e. The van der Waals surface area contributed by atoms with Crippen molar-refractivity contribution in [3.63, 3.8) is 0 Å². The third-order valence-corrected chi connectivity index (χ3v) is 2.96. The predicted molar refractivity (Wildman–Crippen MR) is 75.5 cm³/mol. The second-order valence-corrected chi connectivity index (χ2v) is 4.75. The summed E-state index contributed by atoms with van der Waals surface area (Å²) in [4.78, 5) is 0. The average molecular weight is 234 g/mol. The zero-order valence-corrected chi connectivity index (χ0v) is 11.4. The van der Waals surface area contributed by atoms with Gasteiger partial charge in [0.15, 0.2) is 0 Å². The Morgan fingerprint density at radius 2 is 1.88 bits per heavy atom. The van der Waals surface area contributed by atoms with E-state index in [9.17, 15) is 0 Å². The highest BCUT2D eigenvalue weighted by Crippen LogP contribution is 2.05. The van der Waals surface area contributed by atoms with Gasteiger partial charge in [-0.25, -0.2) is 0 Å². The zero-order chi connectivity index (χ0) is 12.5. The minimum atomic E-state index is 0.563. The first-order valence-electron chi connectivity index (χ1n) is 6.72. The van der Waals surface area contributed by atoms with Crippen LogP contribution in [0.3, 0.4) is 0 Å². The van der Waals surface area contributed by atoms with Crippen molar-refractivity contribution >= 4 is 0 Å². The van der Waals surface area contributed by atoms with E-state index in [0.717, 1.165) is 19.6 Å². The van der Waals surface area contributed by atoms with Crippen molar-refractivity contribution < 1.29 is 0 Å². The van der Waals surface area contributed by atoms with Crippen LogP contribution in [0.4, 0.5) is 0 Å². The summed E-state index contributed by atoms with van der Waals surface area (Å²) in [5, 5.41) is 6.89. The number of likely N-dealkylation sites (N-methyl/N-ethyl adjacent to an activating group) is 1. The van der Waals surface area contributed by atoms with Crippen LogP contribution in [0.15, 0.2) is 24.3 Å². The van der Waals surface area contributed by atoms with Gasteiger partial charge < -0.3 is 10.6 Å². The first-order valence-corrected chi connectivity index (χ1v) is 6.72. The van der Waals surface area contributed by atoms with Crippen LogP contribution in [0.5, 0.6) is 0 Å². The molecule has 2 N–H and O–H groups in total. The topological polar surface area (TPSA) is 24.1 Å². The Labute approximate surface area is 106 Å². The molecule has 0 aromatic heterocycles. The molecule has 1 atom stereocenters. The molecular formula is C15H26N2. The number of rotatable bonds is 8. The maximum absolute atomic E-state index is 3.54. The maximum Gasteiger partial charge on any atom is 0.0164 e. The summed E-state index contributed by atoms with van der Waals surface area (Å²) in [6, 6.07) is 9.41. The van der Waals surface area contributed by atoms with Gasteiger partial charge in [0.05, 0.1) is 0 Å². The van der Waals surface area contributed by atoms with Crippen molar-refractivity contribution in [1.29, 1.82) is 0 Å². The average Bonchev–Trinajstić information content (AvgIpc) is 2.34. The summed E-state index contributed by atoms with van der Waals surface area (Å²) in [5.41, 5.74) is 2.78. The molecule has 0 saturated heterocycles. The molecule has 0 radical (unpaired) electrons. The van der Waals surface area contributed by atoms with E-state index >= 15 is 0 Å². The highest BCUT2D eigenvalue weighted by Gasteiger charge is 1.99. The third kappa shape index (κ3) is 6.44. The van der Waals surface area contributed by atoms with Crippen molar-refractivity contribution in [1.82, 2.24) is 10.6 Å². The Morgan fingerprint density at radius 3 is 2.53 bits per heavy atom. The van der Waals surface area contributed by atoms with E-state index in [2.05, 4.69) is 55.7 Å². The van der Waals surface area contributed by atoms with E-state index in [1.807, 2.05) is 0 Å². The molecule has 1 unspecified atom stereocenters. The minimum Gasteiger partial charge on any atom is -0.315 e. The summed E-state index contributed by atoms with van der Waals surface area (Å²) in [5.74, 6) is 0. The molecule has 1 rings (SSSR count). The lowest BCUT2D eigenvalue weighted by atomic mass is 10.1. The van der Waals surface area contributed by atoms with Crippen molar-refractivity contribution in [3.05, 3.63) is 35.4 Å². The van der Waals surface area contributed by atoms with Crippen LogP contribution in [-0.2, 0) is 6.42 Å². The first kappa shape index (κ1) is 14.2. The Balaban J connectivity index is 2.09. The second-order valence-electron chi connectivity index (χ2n) is 4.75. The SMILES string of the molecule is CCNCC(C)NCCCc1ccc(C)cc1. The highest BCUT2D eigenvalue weighted by atomic mass is 15.0. The van der Waals surface area contributed by atoms with Crippen LogP contribution in [0.2, 0.25) is 0 Å². The summed E-state index contributed by atoms with van der Waals surface area (Å²) in [6.07, 6.45) is 2.38. The van der Waals surface area contributed by atoms with Crippen LogP contribution in [-0.4, -0.2) is 25.7 Å². The minimum absolute atomic E-state index is 0.563. The Kier molecular flexibility index (Phi) is 6.90. The van der Waals surface area contributed by atoms with Gasteiger partial charge in [-0.15, -0.1) is 0 Å².